The molecular weight excluding hydrogens is 318 g/mol. The minimum atomic E-state index is -0.773. The van der Waals surface area contributed by atoms with Gasteiger partial charge in [-0.15, -0.1) is 0 Å². The van der Waals surface area contributed by atoms with Crippen molar-refractivity contribution in [2.75, 3.05) is 11.9 Å². The molecule has 3 N–H and O–H groups in total. The SMILES string of the molecule is Cc1nc(-c2cccc(NC(=O)NCC3(O)CCCCC3)c2)oc1C. The third kappa shape index (κ3) is 4.39. The average molecular weight is 343 g/mol. The molecule has 0 unspecified atom stereocenters. The molecule has 1 aromatic carbocycles. The molecule has 1 aliphatic rings. The van der Waals surface area contributed by atoms with Crippen LogP contribution in [0.3, 0.4) is 0 Å². The monoisotopic (exact) mass is 343 g/mol. The molecule has 2 amide bonds. The molecule has 0 radical (unpaired) electrons. The zero-order valence-electron chi connectivity index (χ0n) is 14.8. The molecule has 1 aliphatic carbocycles. The Balaban J connectivity index is 1.60. The van der Waals surface area contributed by atoms with Crippen LogP contribution in [0.1, 0.15) is 43.6 Å². The molecule has 3 rings (SSSR count). The third-order valence-corrected chi connectivity index (χ3v) is 4.76. The number of rotatable bonds is 4. The Bertz CT molecular complexity index is 729. The van der Waals surface area contributed by atoms with Crippen LogP contribution in [0.4, 0.5) is 10.5 Å². The Hall–Kier alpha value is -2.34. The summed E-state index contributed by atoms with van der Waals surface area (Å²) in [4.78, 5) is 16.5. The average Bonchev–Trinajstić information content (AvgIpc) is 2.93. The fourth-order valence-electron chi connectivity index (χ4n) is 3.13. The van der Waals surface area contributed by atoms with Crippen molar-refractivity contribution in [2.45, 2.75) is 51.6 Å². The van der Waals surface area contributed by atoms with Crippen LogP contribution in [0.15, 0.2) is 28.7 Å². The summed E-state index contributed by atoms with van der Waals surface area (Å²) < 4.78 is 5.63. The van der Waals surface area contributed by atoms with E-state index < -0.39 is 5.60 Å². The first-order chi connectivity index (χ1) is 12.0. The summed E-state index contributed by atoms with van der Waals surface area (Å²) in [5.74, 6) is 1.32. The first-order valence-electron chi connectivity index (χ1n) is 8.77. The molecule has 0 aliphatic heterocycles. The number of hydrogen-bond donors (Lipinski definition) is 3. The molecule has 134 valence electrons. The van der Waals surface area contributed by atoms with Crippen molar-refractivity contribution in [1.29, 1.82) is 0 Å². The summed E-state index contributed by atoms with van der Waals surface area (Å²) in [6.45, 7) is 4.04. The number of aryl methyl sites for hydroxylation is 2. The highest BCUT2D eigenvalue weighted by Crippen LogP contribution is 2.27. The smallest absolute Gasteiger partial charge is 0.319 e. The fraction of sp³-hybridized carbons (Fsp3) is 0.474. The van der Waals surface area contributed by atoms with Crippen molar-refractivity contribution < 1.29 is 14.3 Å². The number of nitrogens with zero attached hydrogens (tertiary/aromatic N) is 1. The second-order valence-electron chi connectivity index (χ2n) is 6.83. The van der Waals surface area contributed by atoms with E-state index in [2.05, 4.69) is 15.6 Å². The Morgan fingerprint density at radius 3 is 2.72 bits per heavy atom. The van der Waals surface area contributed by atoms with E-state index >= 15 is 0 Å². The van der Waals surface area contributed by atoms with E-state index in [9.17, 15) is 9.90 Å². The lowest BCUT2D eigenvalue weighted by Gasteiger charge is -2.32. The van der Waals surface area contributed by atoms with Crippen molar-refractivity contribution in [3.63, 3.8) is 0 Å². The van der Waals surface area contributed by atoms with E-state index in [-0.39, 0.29) is 12.6 Å². The molecule has 1 heterocycles. The maximum Gasteiger partial charge on any atom is 0.319 e. The van der Waals surface area contributed by atoms with Gasteiger partial charge in [-0.05, 0) is 44.9 Å². The zero-order chi connectivity index (χ0) is 17.9. The highest BCUT2D eigenvalue weighted by Gasteiger charge is 2.29. The van der Waals surface area contributed by atoms with Gasteiger partial charge < -0.3 is 20.2 Å². The van der Waals surface area contributed by atoms with Crippen molar-refractivity contribution in [2.24, 2.45) is 0 Å². The lowest BCUT2D eigenvalue weighted by molar-refractivity contribution is 0.00755. The lowest BCUT2D eigenvalue weighted by Crippen LogP contribution is -2.45. The van der Waals surface area contributed by atoms with Gasteiger partial charge in [0.2, 0.25) is 5.89 Å². The van der Waals surface area contributed by atoms with Gasteiger partial charge in [-0.3, -0.25) is 0 Å². The Kier molecular flexibility index (Phi) is 5.08. The van der Waals surface area contributed by atoms with E-state index in [0.29, 0.717) is 11.6 Å². The molecule has 1 aromatic heterocycles. The second kappa shape index (κ2) is 7.27. The number of hydrogen-bond acceptors (Lipinski definition) is 4. The molecule has 1 fully saturated rings. The van der Waals surface area contributed by atoms with Crippen LogP contribution in [0.5, 0.6) is 0 Å². The molecule has 25 heavy (non-hydrogen) atoms. The van der Waals surface area contributed by atoms with Crippen molar-refractivity contribution in [3.8, 4) is 11.5 Å². The maximum atomic E-state index is 12.1. The van der Waals surface area contributed by atoms with Gasteiger partial charge in [0.25, 0.3) is 0 Å². The highest BCUT2D eigenvalue weighted by molar-refractivity contribution is 5.89. The molecule has 0 atom stereocenters. The first-order valence-corrected chi connectivity index (χ1v) is 8.77. The second-order valence-corrected chi connectivity index (χ2v) is 6.83. The number of aliphatic hydroxyl groups is 1. The maximum absolute atomic E-state index is 12.1. The number of amides is 2. The van der Waals surface area contributed by atoms with E-state index in [1.165, 1.54) is 0 Å². The van der Waals surface area contributed by atoms with E-state index in [0.717, 1.165) is 49.1 Å². The zero-order valence-corrected chi connectivity index (χ0v) is 14.8. The van der Waals surface area contributed by atoms with E-state index in [1.807, 2.05) is 32.0 Å². The topological polar surface area (TPSA) is 87.4 Å². The standard InChI is InChI=1S/C19H25N3O3/c1-13-14(2)25-17(21-13)15-7-6-8-16(11-15)22-18(23)20-12-19(24)9-4-3-5-10-19/h6-8,11,24H,3-5,9-10,12H2,1-2H3,(H2,20,22,23). The molecule has 0 saturated heterocycles. The predicted octanol–water partition coefficient (Wildman–Crippen LogP) is 3.78. The van der Waals surface area contributed by atoms with Crippen LogP contribution < -0.4 is 10.6 Å². The van der Waals surface area contributed by atoms with Crippen LogP contribution in [0, 0.1) is 13.8 Å². The quantitative estimate of drug-likeness (QED) is 0.788. The van der Waals surface area contributed by atoms with Crippen LogP contribution >= 0.6 is 0 Å². The Morgan fingerprint density at radius 2 is 2.04 bits per heavy atom. The van der Waals surface area contributed by atoms with Crippen molar-refractivity contribution in [1.82, 2.24) is 10.3 Å². The molecule has 1 saturated carbocycles. The number of carbonyl (C=O) groups excluding carboxylic acids is 1. The van der Waals surface area contributed by atoms with Gasteiger partial charge in [0.15, 0.2) is 0 Å². The van der Waals surface area contributed by atoms with Gasteiger partial charge in [-0.1, -0.05) is 25.3 Å². The number of anilines is 1. The number of benzene rings is 1. The number of carbonyl (C=O) groups is 1. The van der Waals surface area contributed by atoms with Gasteiger partial charge in [-0.2, -0.15) is 0 Å². The molecule has 6 heteroatoms. The molecule has 0 spiro atoms. The molecule has 6 nitrogen and oxygen atoms in total. The van der Waals surface area contributed by atoms with Crippen molar-refractivity contribution >= 4 is 11.7 Å². The molecule has 0 bridgehead atoms. The van der Waals surface area contributed by atoms with Gasteiger partial charge in [0.05, 0.1) is 11.3 Å². The number of oxazole rings is 1. The van der Waals surface area contributed by atoms with Crippen LogP contribution in [-0.4, -0.2) is 28.3 Å². The van der Waals surface area contributed by atoms with E-state index in [1.54, 1.807) is 6.07 Å². The van der Waals surface area contributed by atoms with Gasteiger partial charge in [0, 0.05) is 17.8 Å². The first kappa shape index (κ1) is 17.5. The minimum absolute atomic E-state index is 0.274. The normalized spacial score (nSPS) is 16.4. The Morgan fingerprint density at radius 1 is 1.28 bits per heavy atom. The van der Waals surface area contributed by atoms with Crippen LogP contribution in [-0.2, 0) is 0 Å². The lowest BCUT2D eigenvalue weighted by atomic mass is 9.85. The van der Waals surface area contributed by atoms with Gasteiger partial charge in [-0.25, -0.2) is 9.78 Å². The van der Waals surface area contributed by atoms with Crippen LogP contribution in [0.25, 0.3) is 11.5 Å². The molecular formula is C19H25N3O3. The minimum Gasteiger partial charge on any atom is -0.441 e. The summed E-state index contributed by atoms with van der Waals surface area (Å²) in [5.41, 5.74) is 1.54. The summed E-state index contributed by atoms with van der Waals surface area (Å²) >= 11 is 0. The number of nitrogens with one attached hydrogen (secondary N) is 2. The van der Waals surface area contributed by atoms with Crippen LogP contribution in [0.2, 0.25) is 0 Å². The Labute approximate surface area is 147 Å². The third-order valence-electron chi connectivity index (χ3n) is 4.76. The van der Waals surface area contributed by atoms with Gasteiger partial charge >= 0.3 is 6.03 Å². The summed E-state index contributed by atoms with van der Waals surface area (Å²) in [6, 6.07) is 7.03. The number of aromatic nitrogens is 1. The number of urea groups is 1. The summed E-state index contributed by atoms with van der Waals surface area (Å²) in [5, 5.41) is 16.0. The van der Waals surface area contributed by atoms with E-state index in [4.69, 9.17) is 4.42 Å². The summed E-state index contributed by atoms with van der Waals surface area (Å²) in [6.07, 6.45) is 4.66. The fourth-order valence-corrected chi connectivity index (χ4v) is 3.13. The molecule has 2 aromatic rings. The van der Waals surface area contributed by atoms with Crippen molar-refractivity contribution in [3.05, 3.63) is 35.7 Å². The highest BCUT2D eigenvalue weighted by atomic mass is 16.4. The largest absolute Gasteiger partial charge is 0.441 e. The van der Waals surface area contributed by atoms with Gasteiger partial charge in [0.1, 0.15) is 5.76 Å². The summed E-state index contributed by atoms with van der Waals surface area (Å²) in [7, 11) is 0. The predicted molar refractivity (Wildman–Crippen MR) is 96.5 cm³/mol.